The second kappa shape index (κ2) is 9.45. The van der Waals surface area contributed by atoms with Crippen LogP contribution in [0.25, 0.3) is 0 Å². The van der Waals surface area contributed by atoms with Crippen molar-refractivity contribution in [2.75, 3.05) is 7.11 Å². The van der Waals surface area contributed by atoms with Crippen LogP contribution in [0, 0.1) is 6.92 Å². The highest BCUT2D eigenvalue weighted by Crippen LogP contribution is 2.35. The van der Waals surface area contributed by atoms with Crippen molar-refractivity contribution in [3.63, 3.8) is 0 Å². The minimum Gasteiger partial charge on any atom is -0.497 e. The van der Waals surface area contributed by atoms with Crippen molar-refractivity contribution in [2.24, 2.45) is 0 Å². The zero-order valence-electron chi connectivity index (χ0n) is 16.4. The Kier molecular flexibility index (Phi) is 6.99. The molecule has 0 saturated carbocycles. The van der Waals surface area contributed by atoms with Crippen molar-refractivity contribution in [2.45, 2.75) is 55.8 Å². The average Bonchev–Trinajstić information content (AvgIpc) is 2.66. The van der Waals surface area contributed by atoms with Gasteiger partial charge in [-0.2, -0.15) is 0 Å². The predicted molar refractivity (Wildman–Crippen MR) is 109 cm³/mol. The first kappa shape index (κ1) is 20.7. The van der Waals surface area contributed by atoms with E-state index in [1.54, 1.807) is 7.11 Å². The molecule has 0 radical (unpaired) electrons. The van der Waals surface area contributed by atoms with Crippen molar-refractivity contribution in [3.8, 4) is 5.75 Å². The lowest BCUT2D eigenvalue weighted by atomic mass is 10.1. The van der Waals surface area contributed by atoms with Gasteiger partial charge in [0, 0.05) is 10.5 Å². The summed E-state index contributed by atoms with van der Waals surface area (Å²) in [6.45, 7) is 3.85. The van der Waals surface area contributed by atoms with Crippen LogP contribution >= 0.6 is 11.8 Å². The predicted octanol–water partition coefficient (Wildman–Crippen LogP) is 4.96. The van der Waals surface area contributed by atoms with Crippen LogP contribution in [0.2, 0.25) is 0 Å². The molecule has 1 fully saturated rings. The monoisotopic (exact) mass is 402 g/mol. The fourth-order valence-corrected chi connectivity index (χ4v) is 4.22. The number of carbonyl (C=O) groups is 1. The van der Waals surface area contributed by atoms with E-state index in [4.69, 9.17) is 14.2 Å². The third-order valence-corrected chi connectivity index (χ3v) is 6.17. The molecule has 28 heavy (non-hydrogen) atoms. The summed E-state index contributed by atoms with van der Waals surface area (Å²) in [5.74, 6) is 0.0523. The van der Waals surface area contributed by atoms with Gasteiger partial charge in [-0.05, 0) is 68.5 Å². The summed E-state index contributed by atoms with van der Waals surface area (Å²) in [6, 6.07) is 13.8. The highest BCUT2D eigenvalue weighted by atomic mass is 32.2. The maximum absolute atomic E-state index is 11.7. The van der Waals surface area contributed by atoms with Gasteiger partial charge in [0.1, 0.15) is 11.0 Å². The Morgan fingerprint density at radius 3 is 2.50 bits per heavy atom. The minimum atomic E-state index is -0.775. The lowest BCUT2D eigenvalue weighted by molar-refractivity contribution is -0.382. The van der Waals surface area contributed by atoms with Gasteiger partial charge >= 0.3 is 5.97 Å². The number of methoxy groups -OCH3 is 1. The average molecular weight is 403 g/mol. The summed E-state index contributed by atoms with van der Waals surface area (Å²) >= 11 is 1.41. The summed E-state index contributed by atoms with van der Waals surface area (Å²) in [6.07, 6.45) is 1.80. The molecule has 1 saturated heterocycles. The molecule has 1 heterocycles. The van der Waals surface area contributed by atoms with Gasteiger partial charge in [-0.1, -0.05) is 18.2 Å². The summed E-state index contributed by atoms with van der Waals surface area (Å²) in [5, 5.41) is 9.16. The van der Waals surface area contributed by atoms with Crippen molar-refractivity contribution in [1.82, 2.24) is 0 Å². The maximum atomic E-state index is 11.7. The summed E-state index contributed by atoms with van der Waals surface area (Å²) in [7, 11) is 1.64. The van der Waals surface area contributed by atoms with Gasteiger partial charge < -0.3 is 19.3 Å². The highest BCUT2D eigenvalue weighted by Gasteiger charge is 2.29. The van der Waals surface area contributed by atoms with E-state index in [9.17, 15) is 9.90 Å². The van der Waals surface area contributed by atoms with Crippen LogP contribution in [0.3, 0.4) is 0 Å². The van der Waals surface area contributed by atoms with Crippen molar-refractivity contribution in [1.29, 1.82) is 0 Å². The van der Waals surface area contributed by atoms with Crippen molar-refractivity contribution >= 4 is 17.7 Å². The van der Waals surface area contributed by atoms with E-state index >= 15 is 0 Å². The Hall–Kier alpha value is -2.02. The van der Waals surface area contributed by atoms with Crippen LogP contribution in [0.4, 0.5) is 0 Å². The van der Waals surface area contributed by atoms with Crippen LogP contribution < -0.4 is 4.74 Å². The normalized spacial score (nSPS) is 19.7. The molecule has 0 amide bonds. The molecule has 0 aromatic heterocycles. The molecular formula is C22H26O5S. The van der Waals surface area contributed by atoms with Crippen LogP contribution in [-0.2, 0) is 20.7 Å². The first-order chi connectivity index (χ1) is 13.5. The highest BCUT2D eigenvalue weighted by molar-refractivity contribution is 8.00. The van der Waals surface area contributed by atoms with Gasteiger partial charge in [-0.25, -0.2) is 0 Å². The Bertz CT molecular complexity index is 799. The number of aliphatic carboxylic acids is 1. The molecule has 2 aromatic rings. The zero-order valence-corrected chi connectivity index (χ0v) is 17.2. The number of carboxylic acids is 1. The molecule has 1 aliphatic heterocycles. The maximum Gasteiger partial charge on any atom is 0.316 e. The Balaban J connectivity index is 1.55. The number of hydrogen-bond acceptors (Lipinski definition) is 5. The number of hydrogen-bond donors (Lipinski definition) is 1. The summed E-state index contributed by atoms with van der Waals surface area (Å²) in [5.41, 5.74) is 3.19. The summed E-state index contributed by atoms with van der Waals surface area (Å²) < 4.78 is 16.2. The Morgan fingerprint density at radius 2 is 1.93 bits per heavy atom. The molecule has 1 atom stereocenters. The quantitative estimate of drug-likeness (QED) is 0.598. The second-order valence-corrected chi connectivity index (χ2v) is 8.13. The molecule has 150 valence electrons. The van der Waals surface area contributed by atoms with E-state index in [0.717, 1.165) is 34.6 Å². The second-order valence-electron chi connectivity index (χ2n) is 6.88. The molecule has 1 N–H and O–H groups in total. The molecule has 0 spiro atoms. The fraction of sp³-hybridized carbons (Fsp3) is 0.409. The van der Waals surface area contributed by atoms with Gasteiger partial charge in [-0.3, -0.25) is 4.79 Å². The smallest absolute Gasteiger partial charge is 0.316 e. The first-order valence-corrected chi connectivity index (χ1v) is 10.3. The molecule has 0 unspecified atom stereocenters. The molecule has 2 aromatic carbocycles. The number of ether oxygens (including phenoxy) is 3. The topological polar surface area (TPSA) is 65.0 Å². The van der Waals surface area contributed by atoms with Crippen molar-refractivity contribution < 1.29 is 24.1 Å². The molecule has 1 aliphatic rings. The standard InChI is InChI=1S/C22H26O5S/c1-14-13-17(22-26-15(2)27-22)9-12-19(14)28-20(21(23)24)6-4-5-16-7-10-18(25-3)11-8-16/h7-13,15,20,22H,4-6H2,1-3H3,(H,23,24)/t15?,20-,22?/m0/s1. The van der Waals surface area contributed by atoms with E-state index in [1.165, 1.54) is 17.3 Å². The first-order valence-electron chi connectivity index (χ1n) is 9.40. The lowest BCUT2D eigenvalue weighted by Gasteiger charge is -2.34. The zero-order chi connectivity index (χ0) is 20.1. The van der Waals surface area contributed by atoms with Gasteiger partial charge in [0.2, 0.25) is 0 Å². The molecule has 6 heteroatoms. The molecule has 0 bridgehead atoms. The SMILES string of the molecule is COc1ccc(CCC[C@H](Sc2ccc(C3OC(C)O3)cc2C)C(=O)O)cc1. The van der Waals surface area contributed by atoms with Crippen LogP contribution in [0.15, 0.2) is 47.4 Å². The van der Waals surface area contributed by atoms with Gasteiger partial charge in [0.15, 0.2) is 12.6 Å². The Labute approximate surface area is 170 Å². The number of rotatable bonds is 9. The van der Waals surface area contributed by atoms with Crippen LogP contribution in [-0.4, -0.2) is 29.7 Å². The van der Waals surface area contributed by atoms with E-state index < -0.39 is 11.2 Å². The largest absolute Gasteiger partial charge is 0.497 e. The lowest BCUT2D eigenvalue weighted by Crippen LogP contribution is -2.31. The fourth-order valence-electron chi connectivity index (χ4n) is 3.14. The van der Waals surface area contributed by atoms with Gasteiger partial charge in [-0.15, -0.1) is 11.8 Å². The molecular weight excluding hydrogens is 376 g/mol. The molecule has 5 nitrogen and oxygen atoms in total. The van der Waals surface area contributed by atoms with Crippen LogP contribution in [0.1, 0.15) is 42.7 Å². The van der Waals surface area contributed by atoms with E-state index in [2.05, 4.69) is 0 Å². The third kappa shape index (κ3) is 5.28. The van der Waals surface area contributed by atoms with E-state index in [-0.39, 0.29) is 12.6 Å². The number of carboxylic acid groups (broad SMARTS) is 1. The Morgan fingerprint density at radius 1 is 1.21 bits per heavy atom. The van der Waals surface area contributed by atoms with Crippen molar-refractivity contribution in [3.05, 3.63) is 59.2 Å². The number of aryl methyl sites for hydroxylation is 2. The van der Waals surface area contributed by atoms with Gasteiger partial charge in [0.05, 0.1) is 7.11 Å². The molecule has 0 aliphatic carbocycles. The summed E-state index contributed by atoms with van der Waals surface area (Å²) in [4.78, 5) is 12.7. The number of benzene rings is 2. The van der Waals surface area contributed by atoms with Crippen LogP contribution in [0.5, 0.6) is 5.75 Å². The number of thioether (sulfide) groups is 1. The van der Waals surface area contributed by atoms with Gasteiger partial charge in [0.25, 0.3) is 0 Å². The third-order valence-electron chi connectivity index (χ3n) is 4.74. The van der Waals surface area contributed by atoms with E-state index in [0.29, 0.717) is 6.42 Å². The minimum absolute atomic E-state index is 0.165. The van der Waals surface area contributed by atoms with E-state index in [1.807, 2.05) is 56.3 Å². The molecule has 3 rings (SSSR count).